The summed E-state index contributed by atoms with van der Waals surface area (Å²) in [7, 11) is 0. The Morgan fingerprint density at radius 2 is 1.95 bits per heavy atom. The number of aliphatic hydroxyl groups is 1. The normalized spacial score (nSPS) is 12.9. The fourth-order valence-corrected chi connectivity index (χ4v) is 1.61. The van der Waals surface area contributed by atoms with Crippen LogP contribution in [0.4, 0.5) is 17.6 Å². The monoisotopic (exact) mass is 324 g/mol. The quantitative estimate of drug-likeness (QED) is 0.619. The van der Waals surface area contributed by atoms with Crippen molar-refractivity contribution in [1.82, 2.24) is 0 Å². The van der Waals surface area contributed by atoms with Crippen LogP contribution in [0.25, 0.3) is 0 Å². The van der Waals surface area contributed by atoms with Crippen LogP contribution in [-0.2, 0) is 9.53 Å². The number of carbonyl (C=O) groups excluding carboxylic acids is 1. The van der Waals surface area contributed by atoms with Crippen LogP contribution < -0.4 is 4.74 Å². The summed E-state index contributed by atoms with van der Waals surface area (Å²) < 4.78 is 61.9. The van der Waals surface area contributed by atoms with Crippen molar-refractivity contribution in [1.29, 1.82) is 0 Å². The van der Waals surface area contributed by atoms with E-state index < -0.39 is 54.0 Å². The van der Waals surface area contributed by atoms with Gasteiger partial charge in [0.1, 0.15) is 0 Å². The van der Waals surface area contributed by atoms with Crippen LogP contribution >= 0.6 is 0 Å². The summed E-state index contributed by atoms with van der Waals surface area (Å²) in [5.74, 6) is -7.66. The molecule has 8 heteroatoms. The topological polar surface area (TPSA) is 55.8 Å². The molecule has 1 aromatic rings. The van der Waals surface area contributed by atoms with Gasteiger partial charge in [0.25, 0.3) is 5.92 Å². The largest absolute Gasteiger partial charge is 0.484 e. The number of rotatable bonds is 7. The molecule has 0 aromatic heterocycles. The Balaban J connectivity index is 2.87. The minimum Gasteiger partial charge on any atom is -0.484 e. The van der Waals surface area contributed by atoms with E-state index in [0.717, 1.165) is 12.1 Å². The Hall–Kier alpha value is -1.83. The molecule has 1 aromatic carbocycles. The minimum atomic E-state index is -3.20. The van der Waals surface area contributed by atoms with Crippen molar-refractivity contribution < 1.29 is 36.9 Å². The first kappa shape index (κ1) is 18.2. The molecular formula is C14H16F4O4. The standard InChI is InChI=1S/C14H16F4O4/c1-3-21-11(20)6-9(19)8-4-5-10(13(16)12(8)15)22-7-14(2,17)18/h4-5,9,19H,3,6-7H2,1-2H3. The molecule has 1 unspecified atom stereocenters. The van der Waals surface area contributed by atoms with Gasteiger partial charge in [0.15, 0.2) is 18.2 Å². The molecule has 0 heterocycles. The van der Waals surface area contributed by atoms with E-state index in [0.29, 0.717) is 6.92 Å². The molecule has 0 aliphatic carbocycles. The van der Waals surface area contributed by atoms with Gasteiger partial charge in [-0.15, -0.1) is 0 Å². The number of aliphatic hydroxyl groups excluding tert-OH is 1. The zero-order valence-corrected chi connectivity index (χ0v) is 12.0. The lowest BCUT2D eigenvalue weighted by Crippen LogP contribution is -2.21. The molecule has 0 aliphatic heterocycles. The number of esters is 1. The number of ether oxygens (including phenoxy) is 2. The predicted octanol–water partition coefficient (Wildman–Crippen LogP) is 2.99. The second-order valence-electron chi connectivity index (χ2n) is 4.66. The van der Waals surface area contributed by atoms with Crippen molar-refractivity contribution in [2.75, 3.05) is 13.2 Å². The van der Waals surface area contributed by atoms with E-state index in [9.17, 15) is 27.5 Å². The summed E-state index contributed by atoms with van der Waals surface area (Å²) in [4.78, 5) is 11.2. The van der Waals surface area contributed by atoms with Gasteiger partial charge in [0.05, 0.1) is 19.1 Å². The predicted molar refractivity (Wildman–Crippen MR) is 68.7 cm³/mol. The lowest BCUT2D eigenvalue weighted by molar-refractivity contribution is -0.145. The van der Waals surface area contributed by atoms with E-state index in [-0.39, 0.29) is 6.61 Å². The second-order valence-corrected chi connectivity index (χ2v) is 4.66. The molecule has 1 rings (SSSR count). The third-order valence-corrected chi connectivity index (χ3v) is 2.58. The molecule has 0 spiro atoms. The van der Waals surface area contributed by atoms with Crippen LogP contribution in [-0.4, -0.2) is 30.2 Å². The van der Waals surface area contributed by atoms with Crippen LogP contribution in [0.3, 0.4) is 0 Å². The van der Waals surface area contributed by atoms with Gasteiger partial charge in [-0.1, -0.05) is 0 Å². The first-order valence-corrected chi connectivity index (χ1v) is 6.48. The molecule has 0 aliphatic rings. The number of hydrogen-bond acceptors (Lipinski definition) is 4. The zero-order valence-electron chi connectivity index (χ0n) is 12.0. The van der Waals surface area contributed by atoms with Gasteiger partial charge in [-0.3, -0.25) is 4.79 Å². The van der Waals surface area contributed by atoms with Gasteiger partial charge in [-0.05, 0) is 19.1 Å². The maximum absolute atomic E-state index is 13.8. The highest BCUT2D eigenvalue weighted by atomic mass is 19.3. The average Bonchev–Trinajstić information content (AvgIpc) is 2.39. The Kier molecular flexibility index (Phi) is 6.16. The molecule has 0 saturated carbocycles. The van der Waals surface area contributed by atoms with E-state index >= 15 is 0 Å². The van der Waals surface area contributed by atoms with E-state index in [1.807, 2.05) is 0 Å². The van der Waals surface area contributed by atoms with Crippen molar-refractivity contribution >= 4 is 5.97 Å². The Bertz CT molecular complexity index is 528. The van der Waals surface area contributed by atoms with Gasteiger partial charge >= 0.3 is 5.97 Å². The summed E-state index contributed by atoms with van der Waals surface area (Å²) >= 11 is 0. The molecule has 4 nitrogen and oxygen atoms in total. The third-order valence-electron chi connectivity index (χ3n) is 2.58. The van der Waals surface area contributed by atoms with E-state index in [4.69, 9.17) is 0 Å². The number of alkyl halides is 2. The second kappa shape index (κ2) is 7.44. The molecule has 1 N–H and O–H groups in total. The number of halogens is 4. The zero-order chi connectivity index (χ0) is 16.9. The Labute approximate surface area is 124 Å². The van der Waals surface area contributed by atoms with Gasteiger partial charge < -0.3 is 14.6 Å². The summed E-state index contributed by atoms with van der Waals surface area (Å²) in [5.41, 5.74) is -0.485. The van der Waals surface area contributed by atoms with Crippen molar-refractivity contribution in [3.05, 3.63) is 29.3 Å². The SMILES string of the molecule is CCOC(=O)CC(O)c1ccc(OCC(C)(F)F)c(F)c1F. The summed E-state index contributed by atoms with van der Waals surface area (Å²) in [6.45, 7) is 1.09. The van der Waals surface area contributed by atoms with Gasteiger partial charge in [0.2, 0.25) is 5.82 Å². The molecule has 0 bridgehead atoms. The fourth-order valence-electron chi connectivity index (χ4n) is 1.61. The highest BCUT2D eigenvalue weighted by molar-refractivity contribution is 5.70. The van der Waals surface area contributed by atoms with Crippen LogP contribution in [0.1, 0.15) is 31.9 Å². The van der Waals surface area contributed by atoms with Crippen molar-refractivity contribution in [3.63, 3.8) is 0 Å². The maximum atomic E-state index is 13.8. The number of carbonyl (C=O) groups is 1. The molecule has 0 amide bonds. The molecule has 1 atom stereocenters. The first-order valence-electron chi connectivity index (χ1n) is 6.48. The summed E-state index contributed by atoms with van der Waals surface area (Å²) in [5, 5.41) is 9.70. The lowest BCUT2D eigenvalue weighted by atomic mass is 10.1. The van der Waals surface area contributed by atoms with Crippen LogP contribution in [0.2, 0.25) is 0 Å². The molecule has 0 radical (unpaired) electrons. The van der Waals surface area contributed by atoms with Gasteiger partial charge in [0, 0.05) is 12.5 Å². The Morgan fingerprint density at radius 1 is 1.32 bits per heavy atom. The van der Waals surface area contributed by atoms with E-state index in [1.165, 1.54) is 0 Å². The Morgan fingerprint density at radius 3 is 2.50 bits per heavy atom. The highest BCUT2D eigenvalue weighted by Crippen LogP contribution is 2.29. The molecule has 124 valence electrons. The van der Waals surface area contributed by atoms with Crippen LogP contribution in [0, 0.1) is 11.6 Å². The van der Waals surface area contributed by atoms with E-state index in [1.54, 1.807) is 6.92 Å². The summed E-state index contributed by atoms with van der Waals surface area (Å²) in [6.07, 6.45) is -2.17. The number of benzene rings is 1. The maximum Gasteiger partial charge on any atom is 0.308 e. The third kappa shape index (κ3) is 5.18. The molecule has 0 fully saturated rings. The van der Waals surface area contributed by atoms with Crippen LogP contribution in [0.15, 0.2) is 12.1 Å². The van der Waals surface area contributed by atoms with Crippen molar-refractivity contribution in [3.8, 4) is 5.75 Å². The van der Waals surface area contributed by atoms with Crippen LogP contribution in [0.5, 0.6) is 5.75 Å². The minimum absolute atomic E-state index is 0.0837. The average molecular weight is 324 g/mol. The molecule has 0 saturated heterocycles. The molecular weight excluding hydrogens is 308 g/mol. The first-order chi connectivity index (χ1) is 10.2. The highest BCUT2D eigenvalue weighted by Gasteiger charge is 2.26. The smallest absolute Gasteiger partial charge is 0.308 e. The lowest BCUT2D eigenvalue weighted by Gasteiger charge is -2.15. The van der Waals surface area contributed by atoms with Gasteiger partial charge in [-0.2, -0.15) is 4.39 Å². The number of hydrogen-bond donors (Lipinski definition) is 1. The summed E-state index contributed by atoms with van der Waals surface area (Å²) in [6, 6.07) is 1.87. The van der Waals surface area contributed by atoms with Crippen molar-refractivity contribution in [2.24, 2.45) is 0 Å². The van der Waals surface area contributed by atoms with E-state index in [2.05, 4.69) is 9.47 Å². The fraction of sp³-hybridized carbons (Fsp3) is 0.500. The van der Waals surface area contributed by atoms with Crippen molar-refractivity contribution in [2.45, 2.75) is 32.3 Å². The molecule has 22 heavy (non-hydrogen) atoms. The van der Waals surface area contributed by atoms with Gasteiger partial charge in [-0.25, -0.2) is 13.2 Å².